The van der Waals surface area contributed by atoms with Crippen LogP contribution in [-0.2, 0) is 0 Å². The molecule has 1 N–H and O–H groups in total. The van der Waals surface area contributed by atoms with Crippen molar-refractivity contribution in [2.24, 2.45) is 5.92 Å². The largest absolute Gasteiger partial charge is 0.370 e. The minimum absolute atomic E-state index is 0.0516. The second-order valence-corrected chi connectivity index (χ2v) is 5.93. The third-order valence-electron chi connectivity index (χ3n) is 3.68. The van der Waals surface area contributed by atoms with Crippen molar-refractivity contribution >= 4 is 21.6 Å². The van der Waals surface area contributed by atoms with Crippen LogP contribution in [0.5, 0.6) is 0 Å². The summed E-state index contributed by atoms with van der Waals surface area (Å²) in [6.45, 7) is 0. The highest BCUT2D eigenvalue weighted by atomic mass is 79.9. The van der Waals surface area contributed by atoms with Gasteiger partial charge in [0.2, 0.25) is 0 Å². The van der Waals surface area contributed by atoms with Gasteiger partial charge in [-0.25, -0.2) is 0 Å². The number of halogens is 1. The SMILES string of the molecule is N#CC(Nc1ccc(Br)cc1)C1CCCCCC1. The molecular weight excluding hydrogens is 288 g/mol. The first kappa shape index (κ1) is 13.4. The van der Waals surface area contributed by atoms with E-state index in [0.29, 0.717) is 5.92 Å². The number of nitrogens with zero attached hydrogens (tertiary/aromatic N) is 1. The number of hydrogen-bond donors (Lipinski definition) is 1. The van der Waals surface area contributed by atoms with E-state index in [1.54, 1.807) is 0 Å². The summed E-state index contributed by atoms with van der Waals surface area (Å²) in [5, 5.41) is 12.7. The number of hydrogen-bond acceptors (Lipinski definition) is 2. The zero-order valence-corrected chi connectivity index (χ0v) is 12.1. The molecule has 3 heteroatoms. The van der Waals surface area contributed by atoms with Crippen LogP contribution in [0.4, 0.5) is 5.69 Å². The summed E-state index contributed by atoms with van der Waals surface area (Å²) >= 11 is 3.42. The highest BCUT2D eigenvalue weighted by Crippen LogP contribution is 2.27. The summed E-state index contributed by atoms with van der Waals surface area (Å²) in [6, 6.07) is 10.4. The van der Waals surface area contributed by atoms with E-state index in [2.05, 4.69) is 27.3 Å². The second-order valence-electron chi connectivity index (χ2n) is 5.01. The molecule has 2 rings (SSSR count). The number of nitriles is 1. The highest BCUT2D eigenvalue weighted by Gasteiger charge is 2.22. The van der Waals surface area contributed by atoms with Crippen LogP contribution in [0.1, 0.15) is 38.5 Å². The molecular formula is C15H19BrN2. The molecule has 0 radical (unpaired) electrons. The molecule has 1 aromatic carbocycles. The molecule has 1 aliphatic rings. The van der Waals surface area contributed by atoms with Gasteiger partial charge in [-0.2, -0.15) is 5.26 Å². The Morgan fingerprint density at radius 2 is 1.72 bits per heavy atom. The molecule has 0 aromatic heterocycles. The maximum absolute atomic E-state index is 9.36. The molecule has 96 valence electrons. The third kappa shape index (κ3) is 3.74. The monoisotopic (exact) mass is 306 g/mol. The Kier molecular flexibility index (Phi) is 5.07. The predicted octanol–water partition coefficient (Wildman–Crippen LogP) is 4.72. The van der Waals surface area contributed by atoms with Crippen LogP contribution in [0.25, 0.3) is 0 Å². The van der Waals surface area contributed by atoms with Crippen molar-refractivity contribution in [3.63, 3.8) is 0 Å². The molecule has 18 heavy (non-hydrogen) atoms. The van der Waals surface area contributed by atoms with Crippen LogP contribution in [0.15, 0.2) is 28.7 Å². The molecule has 0 amide bonds. The maximum atomic E-state index is 9.36. The standard InChI is InChI=1S/C15H19BrN2/c16-13-7-9-14(10-8-13)18-15(11-17)12-5-3-1-2-4-6-12/h7-10,12,15,18H,1-6H2. The van der Waals surface area contributed by atoms with Gasteiger partial charge in [0.05, 0.1) is 6.07 Å². The molecule has 0 saturated heterocycles. The average molecular weight is 307 g/mol. The van der Waals surface area contributed by atoms with Gasteiger partial charge in [-0.15, -0.1) is 0 Å². The summed E-state index contributed by atoms with van der Waals surface area (Å²) in [5.41, 5.74) is 1.04. The van der Waals surface area contributed by atoms with E-state index in [0.717, 1.165) is 10.2 Å². The van der Waals surface area contributed by atoms with Gasteiger partial charge >= 0.3 is 0 Å². The van der Waals surface area contributed by atoms with Gasteiger partial charge in [0.15, 0.2) is 0 Å². The van der Waals surface area contributed by atoms with Gasteiger partial charge in [0.1, 0.15) is 6.04 Å². The normalized spacial score (nSPS) is 18.7. The molecule has 1 atom stereocenters. The minimum Gasteiger partial charge on any atom is -0.370 e. The maximum Gasteiger partial charge on any atom is 0.117 e. The van der Waals surface area contributed by atoms with Crippen LogP contribution in [0, 0.1) is 17.2 Å². The smallest absolute Gasteiger partial charge is 0.117 e. The first-order valence-corrected chi connectivity index (χ1v) is 7.50. The molecule has 1 aliphatic carbocycles. The lowest BCUT2D eigenvalue weighted by atomic mass is 9.92. The summed E-state index contributed by atoms with van der Waals surface area (Å²) in [4.78, 5) is 0. The number of rotatable bonds is 3. The van der Waals surface area contributed by atoms with Crippen molar-refractivity contribution in [1.29, 1.82) is 5.26 Å². The van der Waals surface area contributed by atoms with E-state index in [9.17, 15) is 5.26 Å². The molecule has 0 aliphatic heterocycles. The van der Waals surface area contributed by atoms with E-state index < -0.39 is 0 Å². The Balaban J connectivity index is 2.00. The Hall–Kier alpha value is -1.01. The Morgan fingerprint density at radius 1 is 1.11 bits per heavy atom. The second kappa shape index (κ2) is 6.80. The van der Waals surface area contributed by atoms with Gasteiger partial charge in [-0.3, -0.25) is 0 Å². The average Bonchev–Trinajstić information content (AvgIpc) is 2.67. The quantitative estimate of drug-likeness (QED) is 0.820. The lowest BCUT2D eigenvalue weighted by molar-refractivity contribution is 0.439. The zero-order valence-electron chi connectivity index (χ0n) is 10.5. The van der Waals surface area contributed by atoms with Gasteiger partial charge in [-0.1, -0.05) is 41.6 Å². The van der Waals surface area contributed by atoms with Crippen molar-refractivity contribution in [2.45, 2.75) is 44.6 Å². The first-order chi connectivity index (χ1) is 8.79. The lowest BCUT2D eigenvalue weighted by Crippen LogP contribution is -2.27. The zero-order chi connectivity index (χ0) is 12.8. The number of nitrogens with one attached hydrogen (secondary N) is 1. The van der Waals surface area contributed by atoms with Crippen molar-refractivity contribution in [3.05, 3.63) is 28.7 Å². The number of anilines is 1. The molecule has 0 spiro atoms. The van der Waals surface area contributed by atoms with E-state index in [-0.39, 0.29) is 6.04 Å². The Labute approximate surface area is 118 Å². The van der Waals surface area contributed by atoms with Crippen LogP contribution in [-0.4, -0.2) is 6.04 Å². The van der Waals surface area contributed by atoms with E-state index in [1.807, 2.05) is 24.3 Å². The van der Waals surface area contributed by atoms with Gasteiger partial charge in [-0.05, 0) is 43.0 Å². The van der Waals surface area contributed by atoms with Crippen molar-refractivity contribution < 1.29 is 0 Å². The summed E-state index contributed by atoms with van der Waals surface area (Å²) in [7, 11) is 0. The van der Waals surface area contributed by atoms with Crippen LogP contribution < -0.4 is 5.32 Å². The topological polar surface area (TPSA) is 35.8 Å². The fraction of sp³-hybridized carbons (Fsp3) is 0.533. The lowest BCUT2D eigenvalue weighted by Gasteiger charge is -2.22. The summed E-state index contributed by atoms with van der Waals surface area (Å²) < 4.78 is 1.07. The van der Waals surface area contributed by atoms with Crippen molar-refractivity contribution in [2.75, 3.05) is 5.32 Å². The Morgan fingerprint density at radius 3 is 2.28 bits per heavy atom. The third-order valence-corrected chi connectivity index (χ3v) is 4.21. The summed E-state index contributed by atoms with van der Waals surface area (Å²) in [6.07, 6.45) is 7.55. The molecule has 1 unspecified atom stereocenters. The van der Waals surface area contributed by atoms with Crippen molar-refractivity contribution in [1.82, 2.24) is 0 Å². The van der Waals surface area contributed by atoms with Gasteiger partial charge in [0.25, 0.3) is 0 Å². The minimum atomic E-state index is -0.0516. The van der Waals surface area contributed by atoms with Gasteiger partial charge in [0, 0.05) is 10.2 Å². The molecule has 1 fully saturated rings. The van der Waals surface area contributed by atoms with Gasteiger partial charge < -0.3 is 5.32 Å². The highest BCUT2D eigenvalue weighted by molar-refractivity contribution is 9.10. The molecule has 0 bridgehead atoms. The molecule has 0 heterocycles. The van der Waals surface area contributed by atoms with Crippen LogP contribution in [0.3, 0.4) is 0 Å². The fourth-order valence-corrected chi connectivity index (χ4v) is 2.89. The van der Waals surface area contributed by atoms with E-state index >= 15 is 0 Å². The van der Waals surface area contributed by atoms with Crippen molar-refractivity contribution in [3.8, 4) is 6.07 Å². The Bertz CT molecular complexity index is 399. The molecule has 2 nitrogen and oxygen atoms in total. The van der Waals surface area contributed by atoms with E-state index in [1.165, 1.54) is 38.5 Å². The first-order valence-electron chi connectivity index (χ1n) is 6.71. The molecule has 1 saturated carbocycles. The van der Waals surface area contributed by atoms with E-state index in [4.69, 9.17) is 0 Å². The van der Waals surface area contributed by atoms with Crippen LogP contribution >= 0.6 is 15.9 Å². The predicted molar refractivity (Wildman–Crippen MR) is 78.4 cm³/mol. The number of benzene rings is 1. The van der Waals surface area contributed by atoms with Crippen LogP contribution in [0.2, 0.25) is 0 Å². The summed E-state index contributed by atoms with van der Waals surface area (Å²) in [5.74, 6) is 0.501. The fourth-order valence-electron chi connectivity index (χ4n) is 2.63. The molecule has 1 aromatic rings.